The summed E-state index contributed by atoms with van der Waals surface area (Å²) >= 11 is 6.16. The summed E-state index contributed by atoms with van der Waals surface area (Å²) in [6.45, 7) is -0.423. The third-order valence-corrected chi connectivity index (χ3v) is 5.22. The van der Waals surface area contributed by atoms with Crippen molar-refractivity contribution >= 4 is 51.9 Å². The van der Waals surface area contributed by atoms with Crippen LogP contribution in [0.1, 0.15) is 11.1 Å². The van der Waals surface area contributed by atoms with Gasteiger partial charge in [-0.25, -0.2) is 0 Å². The van der Waals surface area contributed by atoms with E-state index in [2.05, 4.69) is 5.32 Å². The molecule has 0 unspecified atom stereocenters. The molecule has 1 heterocycles. The minimum atomic E-state index is -4.53. The molecule has 0 aliphatic carbocycles. The normalized spacial score (nSPS) is 15.8. The molecular weight excluding hydrogens is 425 g/mol. The van der Waals surface area contributed by atoms with E-state index in [1.807, 2.05) is 0 Å². The predicted octanol–water partition coefficient (Wildman–Crippen LogP) is 4.25. The van der Waals surface area contributed by atoms with Crippen molar-refractivity contribution in [3.8, 4) is 5.75 Å². The summed E-state index contributed by atoms with van der Waals surface area (Å²) in [5.41, 5.74) is -0.260. The van der Waals surface area contributed by atoms with Gasteiger partial charge in [0.1, 0.15) is 16.6 Å². The van der Waals surface area contributed by atoms with Crippen LogP contribution < -0.4 is 5.32 Å². The van der Waals surface area contributed by atoms with Gasteiger partial charge in [0.15, 0.2) is 0 Å². The van der Waals surface area contributed by atoms with Crippen LogP contribution in [0.3, 0.4) is 0 Å². The Morgan fingerprint density at radius 1 is 1.21 bits per heavy atom. The number of anilines is 1. The zero-order chi connectivity index (χ0) is 21.2. The Balaban J connectivity index is 1.68. The molecule has 10 heteroatoms. The van der Waals surface area contributed by atoms with Gasteiger partial charge >= 0.3 is 6.18 Å². The molecule has 1 fully saturated rings. The van der Waals surface area contributed by atoms with Gasteiger partial charge in [0.25, 0.3) is 5.91 Å². The maximum Gasteiger partial charge on any atom is 0.416 e. The highest BCUT2D eigenvalue weighted by Gasteiger charge is 2.34. The van der Waals surface area contributed by atoms with Crippen LogP contribution in [0.4, 0.5) is 18.9 Å². The van der Waals surface area contributed by atoms with Crippen molar-refractivity contribution in [1.29, 1.82) is 0 Å². The summed E-state index contributed by atoms with van der Waals surface area (Å²) in [6.07, 6.45) is -2.96. The molecule has 0 aromatic heterocycles. The van der Waals surface area contributed by atoms with E-state index in [1.165, 1.54) is 24.3 Å². The van der Waals surface area contributed by atoms with Crippen LogP contribution in [0.25, 0.3) is 6.08 Å². The number of nitrogens with one attached hydrogen (secondary N) is 1. The van der Waals surface area contributed by atoms with Gasteiger partial charge in [0, 0.05) is 5.69 Å². The molecule has 29 heavy (non-hydrogen) atoms. The highest BCUT2D eigenvalue weighted by atomic mass is 32.2. The van der Waals surface area contributed by atoms with Gasteiger partial charge in [-0.1, -0.05) is 42.2 Å². The Morgan fingerprint density at radius 3 is 2.55 bits per heavy atom. The molecule has 2 N–H and O–H groups in total. The molecule has 0 saturated carbocycles. The van der Waals surface area contributed by atoms with E-state index in [4.69, 9.17) is 12.2 Å². The predicted molar refractivity (Wildman–Crippen MR) is 108 cm³/mol. The number of hydrogen-bond donors (Lipinski definition) is 2. The number of alkyl halides is 3. The van der Waals surface area contributed by atoms with Crippen molar-refractivity contribution in [3.63, 3.8) is 0 Å². The standard InChI is InChI=1S/C19H13F3N2O3S2/c20-19(21,22)12-2-1-3-13(9-12)23-16(26)10-24-17(27)15(29-18(24)28)8-11-4-6-14(25)7-5-11/h1-9,25H,10H2,(H,23,26)/b15-8-. The summed E-state index contributed by atoms with van der Waals surface area (Å²) < 4.78 is 38.5. The Bertz CT molecular complexity index is 1000. The summed E-state index contributed by atoms with van der Waals surface area (Å²) in [5, 5.41) is 11.7. The second-order valence-electron chi connectivity index (χ2n) is 5.99. The van der Waals surface area contributed by atoms with Crippen molar-refractivity contribution in [2.45, 2.75) is 6.18 Å². The highest BCUT2D eigenvalue weighted by molar-refractivity contribution is 8.26. The first-order chi connectivity index (χ1) is 13.6. The lowest BCUT2D eigenvalue weighted by molar-refractivity contribution is -0.137. The molecule has 0 spiro atoms. The first-order valence-corrected chi connectivity index (χ1v) is 9.37. The molecule has 3 rings (SSSR count). The molecule has 1 saturated heterocycles. The summed E-state index contributed by atoms with van der Waals surface area (Å²) in [5.74, 6) is -1.07. The minimum Gasteiger partial charge on any atom is -0.508 e. The van der Waals surface area contributed by atoms with E-state index in [0.717, 1.165) is 28.8 Å². The number of nitrogens with zero attached hydrogens (tertiary/aromatic N) is 1. The molecule has 2 aromatic carbocycles. The number of phenolic OH excluding ortho intramolecular Hbond substituents is 1. The maximum atomic E-state index is 12.8. The second kappa shape index (κ2) is 8.26. The van der Waals surface area contributed by atoms with E-state index >= 15 is 0 Å². The van der Waals surface area contributed by atoms with E-state index in [0.29, 0.717) is 10.5 Å². The fourth-order valence-corrected chi connectivity index (χ4v) is 3.73. The number of benzene rings is 2. The van der Waals surface area contributed by atoms with Crippen LogP contribution in [0.2, 0.25) is 0 Å². The van der Waals surface area contributed by atoms with Gasteiger partial charge in [0.05, 0.1) is 10.5 Å². The van der Waals surface area contributed by atoms with E-state index in [1.54, 1.807) is 18.2 Å². The van der Waals surface area contributed by atoms with Crippen LogP contribution in [-0.2, 0) is 15.8 Å². The number of hydrogen-bond acceptors (Lipinski definition) is 5. The van der Waals surface area contributed by atoms with Crippen molar-refractivity contribution in [2.75, 3.05) is 11.9 Å². The van der Waals surface area contributed by atoms with Gasteiger partial charge in [0.2, 0.25) is 5.91 Å². The molecule has 2 amide bonds. The Kier molecular flexibility index (Phi) is 5.94. The van der Waals surface area contributed by atoms with Crippen LogP contribution in [-0.4, -0.2) is 32.7 Å². The lowest BCUT2D eigenvalue weighted by Gasteiger charge is -2.15. The van der Waals surface area contributed by atoms with Crippen LogP contribution in [0.15, 0.2) is 53.4 Å². The lowest BCUT2D eigenvalue weighted by Crippen LogP contribution is -2.36. The molecule has 5 nitrogen and oxygen atoms in total. The number of thioether (sulfide) groups is 1. The third-order valence-electron chi connectivity index (χ3n) is 3.84. The molecule has 0 atom stereocenters. The molecule has 0 radical (unpaired) electrons. The van der Waals surface area contributed by atoms with Crippen molar-refractivity contribution in [3.05, 3.63) is 64.6 Å². The van der Waals surface area contributed by atoms with Gasteiger partial charge in [-0.05, 0) is 42.0 Å². The monoisotopic (exact) mass is 438 g/mol. The Hall–Kier alpha value is -2.85. The second-order valence-corrected chi connectivity index (χ2v) is 7.66. The molecule has 1 aliphatic rings. The van der Waals surface area contributed by atoms with Crippen molar-refractivity contribution < 1.29 is 27.9 Å². The number of thiocarbonyl (C=S) groups is 1. The van der Waals surface area contributed by atoms with E-state index in [9.17, 15) is 27.9 Å². The lowest BCUT2D eigenvalue weighted by atomic mass is 10.2. The van der Waals surface area contributed by atoms with Crippen LogP contribution in [0, 0.1) is 0 Å². The summed E-state index contributed by atoms with van der Waals surface area (Å²) in [6, 6.07) is 10.4. The van der Waals surface area contributed by atoms with Crippen LogP contribution in [0.5, 0.6) is 5.75 Å². The SMILES string of the molecule is O=C(CN1C(=O)/C(=C/c2ccc(O)cc2)SC1=S)Nc1cccc(C(F)(F)F)c1. The Labute approximate surface area is 173 Å². The smallest absolute Gasteiger partial charge is 0.416 e. The van der Waals surface area contributed by atoms with Gasteiger partial charge in [-0.2, -0.15) is 13.2 Å². The van der Waals surface area contributed by atoms with Gasteiger partial charge in [-0.15, -0.1) is 0 Å². The highest BCUT2D eigenvalue weighted by Crippen LogP contribution is 2.33. The third kappa shape index (κ3) is 5.15. The van der Waals surface area contributed by atoms with Gasteiger partial charge < -0.3 is 10.4 Å². The molecule has 150 valence electrons. The average molecular weight is 438 g/mol. The number of carbonyl (C=O) groups is 2. The number of phenols is 1. The van der Waals surface area contributed by atoms with E-state index < -0.39 is 30.1 Å². The zero-order valence-electron chi connectivity index (χ0n) is 14.6. The van der Waals surface area contributed by atoms with Crippen molar-refractivity contribution in [2.24, 2.45) is 0 Å². The average Bonchev–Trinajstić information content (AvgIpc) is 2.90. The first-order valence-electron chi connectivity index (χ1n) is 8.15. The summed E-state index contributed by atoms with van der Waals surface area (Å²) in [4.78, 5) is 26.1. The number of amides is 2. The summed E-state index contributed by atoms with van der Waals surface area (Å²) in [7, 11) is 0. The number of halogens is 3. The van der Waals surface area contributed by atoms with Crippen LogP contribution >= 0.6 is 24.0 Å². The molecule has 1 aliphatic heterocycles. The zero-order valence-corrected chi connectivity index (χ0v) is 16.2. The maximum absolute atomic E-state index is 12.8. The largest absolute Gasteiger partial charge is 0.508 e. The minimum absolute atomic E-state index is 0.0325. The fraction of sp³-hybridized carbons (Fsp3) is 0.105. The first kappa shape index (κ1) is 20.9. The number of carbonyl (C=O) groups excluding carboxylic acids is 2. The molecule has 2 aromatic rings. The van der Waals surface area contributed by atoms with Crippen molar-refractivity contribution in [1.82, 2.24) is 4.90 Å². The van der Waals surface area contributed by atoms with E-state index in [-0.39, 0.29) is 15.8 Å². The quantitative estimate of drug-likeness (QED) is 0.552. The number of rotatable bonds is 4. The fourth-order valence-electron chi connectivity index (χ4n) is 2.48. The molecule has 0 bridgehead atoms. The number of aromatic hydroxyl groups is 1. The Morgan fingerprint density at radius 2 is 1.90 bits per heavy atom. The topological polar surface area (TPSA) is 69.6 Å². The molecular formula is C19H13F3N2O3S2. The van der Waals surface area contributed by atoms with Gasteiger partial charge in [-0.3, -0.25) is 14.5 Å².